The number of hydrogen-bond acceptors (Lipinski definition) is 3. The van der Waals surface area contributed by atoms with Gasteiger partial charge >= 0.3 is 0 Å². The van der Waals surface area contributed by atoms with Gasteiger partial charge in [0.15, 0.2) is 0 Å². The van der Waals surface area contributed by atoms with Gasteiger partial charge in [-0.15, -0.1) is 0 Å². The number of benzene rings is 2. The minimum Gasteiger partial charge on any atom is -0.481 e. The number of rotatable bonds is 3. The number of fused-ring (bicyclic) bond motifs is 2. The van der Waals surface area contributed by atoms with Crippen molar-refractivity contribution in [1.29, 1.82) is 0 Å². The van der Waals surface area contributed by atoms with Gasteiger partial charge in [-0.3, -0.25) is 4.79 Å². The molecule has 0 aliphatic rings. The summed E-state index contributed by atoms with van der Waals surface area (Å²) >= 11 is 0. The first-order chi connectivity index (χ1) is 11.8. The van der Waals surface area contributed by atoms with E-state index in [1.165, 1.54) is 0 Å². The number of hydrogen-bond donors (Lipinski definition) is 2. The Labute approximate surface area is 138 Å². The first-order valence-corrected chi connectivity index (χ1v) is 7.57. The number of methoxy groups -OCH3 is 1. The Hall–Kier alpha value is -3.34. The Morgan fingerprint density at radius 3 is 2.67 bits per heavy atom. The third-order valence-corrected chi connectivity index (χ3v) is 3.98. The average Bonchev–Trinajstić information content (AvgIpc) is 3.03. The third kappa shape index (κ3) is 2.36. The Bertz CT molecular complexity index is 1050. The van der Waals surface area contributed by atoms with Crippen molar-refractivity contribution >= 4 is 33.4 Å². The number of aromatic amines is 1. The lowest BCUT2D eigenvalue weighted by Crippen LogP contribution is -2.12. The van der Waals surface area contributed by atoms with Crippen molar-refractivity contribution in [3.05, 3.63) is 66.4 Å². The minimum atomic E-state index is -0.198. The summed E-state index contributed by atoms with van der Waals surface area (Å²) in [6.07, 6.45) is 1.79. The van der Waals surface area contributed by atoms with Gasteiger partial charge in [-0.25, -0.2) is 4.98 Å². The van der Waals surface area contributed by atoms with Gasteiger partial charge in [-0.05, 0) is 12.1 Å². The SMILES string of the molecule is COc1cc(C(=O)Nc2c[nH]c3ccccc23)c2ccccc2n1. The summed E-state index contributed by atoms with van der Waals surface area (Å²) in [5.41, 5.74) is 2.98. The third-order valence-electron chi connectivity index (χ3n) is 3.98. The number of nitrogens with zero attached hydrogens (tertiary/aromatic N) is 1. The van der Waals surface area contributed by atoms with Crippen LogP contribution in [-0.4, -0.2) is 23.0 Å². The summed E-state index contributed by atoms with van der Waals surface area (Å²) in [5.74, 6) is 0.217. The number of carbonyl (C=O) groups excluding carboxylic acids is 1. The van der Waals surface area contributed by atoms with Crippen LogP contribution in [0.25, 0.3) is 21.8 Å². The fourth-order valence-electron chi connectivity index (χ4n) is 2.81. The number of nitrogens with one attached hydrogen (secondary N) is 2. The molecule has 0 saturated heterocycles. The van der Waals surface area contributed by atoms with E-state index < -0.39 is 0 Å². The van der Waals surface area contributed by atoms with Gasteiger partial charge in [0, 0.05) is 28.6 Å². The molecule has 2 aromatic carbocycles. The predicted octanol–water partition coefficient (Wildman–Crippen LogP) is 3.98. The molecule has 5 heteroatoms. The molecule has 0 spiro atoms. The molecule has 0 aliphatic heterocycles. The number of ether oxygens (including phenoxy) is 1. The summed E-state index contributed by atoms with van der Waals surface area (Å²) in [6.45, 7) is 0. The predicted molar refractivity (Wildman–Crippen MR) is 94.5 cm³/mol. The van der Waals surface area contributed by atoms with Gasteiger partial charge in [0.05, 0.1) is 23.9 Å². The van der Waals surface area contributed by atoms with Crippen LogP contribution in [0, 0.1) is 0 Å². The number of pyridine rings is 1. The lowest BCUT2D eigenvalue weighted by molar-refractivity contribution is 0.102. The molecular weight excluding hydrogens is 302 g/mol. The van der Waals surface area contributed by atoms with Crippen LogP contribution in [0.15, 0.2) is 60.8 Å². The van der Waals surface area contributed by atoms with Crippen molar-refractivity contribution in [2.75, 3.05) is 12.4 Å². The zero-order chi connectivity index (χ0) is 16.5. The maximum atomic E-state index is 12.8. The average molecular weight is 317 g/mol. The Kier molecular flexibility index (Phi) is 3.39. The summed E-state index contributed by atoms with van der Waals surface area (Å²) in [4.78, 5) is 20.4. The molecule has 0 radical (unpaired) electrons. The molecule has 0 atom stereocenters. The molecule has 5 nitrogen and oxygen atoms in total. The second kappa shape index (κ2) is 5.70. The number of H-pyrrole nitrogens is 1. The first kappa shape index (κ1) is 14.3. The fourth-order valence-corrected chi connectivity index (χ4v) is 2.81. The van der Waals surface area contributed by atoms with Crippen molar-refractivity contribution in [2.24, 2.45) is 0 Å². The summed E-state index contributed by atoms with van der Waals surface area (Å²) in [7, 11) is 1.54. The monoisotopic (exact) mass is 317 g/mol. The number of aromatic nitrogens is 2. The Balaban J connectivity index is 1.78. The molecule has 0 fully saturated rings. The molecule has 2 N–H and O–H groups in total. The van der Waals surface area contributed by atoms with Gasteiger partial charge < -0.3 is 15.0 Å². The van der Waals surface area contributed by atoms with Crippen LogP contribution in [-0.2, 0) is 0 Å². The van der Waals surface area contributed by atoms with Crippen molar-refractivity contribution in [2.45, 2.75) is 0 Å². The van der Waals surface area contributed by atoms with E-state index in [1.54, 1.807) is 19.4 Å². The number of amides is 1. The van der Waals surface area contributed by atoms with E-state index in [1.807, 2.05) is 48.5 Å². The van der Waals surface area contributed by atoms with Gasteiger partial charge in [0.25, 0.3) is 5.91 Å². The minimum absolute atomic E-state index is 0.198. The van der Waals surface area contributed by atoms with E-state index in [4.69, 9.17) is 4.74 Å². The Morgan fingerprint density at radius 2 is 1.83 bits per heavy atom. The quantitative estimate of drug-likeness (QED) is 0.600. The maximum Gasteiger partial charge on any atom is 0.256 e. The van der Waals surface area contributed by atoms with E-state index in [0.717, 1.165) is 27.5 Å². The lowest BCUT2D eigenvalue weighted by atomic mass is 10.1. The molecule has 0 unspecified atom stereocenters. The summed E-state index contributed by atoms with van der Waals surface area (Å²) in [6, 6.07) is 17.0. The highest BCUT2D eigenvalue weighted by atomic mass is 16.5. The molecule has 4 rings (SSSR count). The highest BCUT2D eigenvalue weighted by molar-refractivity contribution is 6.15. The van der Waals surface area contributed by atoms with Crippen LogP contribution in [0.3, 0.4) is 0 Å². The summed E-state index contributed by atoms with van der Waals surface area (Å²) in [5, 5.41) is 4.73. The highest BCUT2D eigenvalue weighted by Crippen LogP contribution is 2.26. The van der Waals surface area contributed by atoms with E-state index >= 15 is 0 Å². The van der Waals surface area contributed by atoms with Crippen molar-refractivity contribution in [1.82, 2.24) is 9.97 Å². The number of anilines is 1. The fraction of sp³-hybridized carbons (Fsp3) is 0.0526. The molecule has 4 aromatic rings. The van der Waals surface area contributed by atoms with Crippen LogP contribution in [0.1, 0.15) is 10.4 Å². The van der Waals surface area contributed by atoms with Crippen molar-refractivity contribution in [3.63, 3.8) is 0 Å². The van der Waals surface area contributed by atoms with E-state index in [-0.39, 0.29) is 5.91 Å². The van der Waals surface area contributed by atoms with Crippen LogP contribution in [0.5, 0.6) is 5.88 Å². The molecule has 118 valence electrons. The molecule has 24 heavy (non-hydrogen) atoms. The van der Waals surface area contributed by atoms with E-state index in [0.29, 0.717) is 11.4 Å². The second-order valence-electron chi connectivity index (χ2n) is 5.43. The van der Waals surface area contributed by atoms with E-state index in [2.05, 4.69) is 15.3 Å². The smallest absolute Gasteiger partial charge is 0.256 e. The van der Waals surface area contributed by atoms with Crippen molar-refractivity contribution in [3.8, 4) is 5.88 Å². The molecule has 2 heterocycles. The van der Waals surface area contributed by atoms with Crippen LogP contribution in [0.4, 0.5) is 5.69 Å². The molecule has 1 amide bonds. The molecule has 0 saturated carbocycles. The Morgan fingerprint density at radius 1 is 1.08 bits per heavy atom. The molecule has 0 bridgehead atoms. The lowest BCUT2D eigenvalue weighted by Gasteiger charge is -2.09. The molecule has 0 aliphatic carbocycles. The number of carbonyl (C=O) groups is 1. The normalized spacial score (nSPS) is 10.9. The van der Waals surface area contributed by atoms with Crippen molar-refractivity contribution < 1.29 is 9.53 Å². The van der Waals surface area contributed by atoms with Crippen LogP contribution >= 0.6 is 0 Å². The zero-order valence-electron chi connectivity index (χ0n) is 13.0. The van der Waals surface area contributed by atoms with Crippen LogP contribution in [0.2, 0.25) is 0 Å². The topological polar surface area (TPSA) is 67.0 Å². The highest BCUT2D eigenvalue weighted by Gasteiger charge is 2.15. The largest absolute Gasteiger partial charge is 0.481 e. The van der Waals surface area contributed by atoms with E-state index in [9.17, 15) is 4.79 Å². The van der Waals surface area contributed by atoms with Gasteiger partial charge in [-0.1, -0.05) is 36.4 Å². The van der Waals surface area contributed by atoms with Gasteiger partial charge in [-0.2, -0.15) is 0 Å². The molecular formula is C19H15N3O2. The van der Waals surface area contributed by atoms with Crippen LogP contribution < -0.4 is 10.1 Å². The standard InChI is InChI=1S/C19H15N3O2/c1-24-18-10-14(12-6-2-5-9-16(12)21-18)19(23)22-17-11-20-15-8-4-3-7-13(15)17/h2-11,20H,1H3,(H,22,23). The van der Waals surface area contributed by atoms with Gasteiger partial charge in [0.1, 0.15) is 0 Å². The summed E-state index contributed by atoms with van der Waals surface area (Å²) < 4.78 is 5.22. The van der Waals surface area contributed by atoms with Gasteiger partial charge in [0.2, 0.25) is 5.88 Å². The zero-order valence-corrected chi connectivity index (χ0v) is 13.0. The first-order valence-electron chi connectivity index (χ1n) is 7.57. The maximum absolute atomic E-state index is 12.8. The second-order valence-corrected chi connectivity index (χ2v) is 5.43. The molecule has 2 aromatic heterocycles. The number of para-hydroxylation sites is 2.